The Labute approximate surface area is 133 Å². The maximum Gasteiger partial charge on any atom is 0.265 e. The molecule has 0 saturated carbocycles. The quantitative estimate of drug-likeness (QED) is 0.780. The second-order valence-electron chi connectivity index (χ2n) is 4.78. The molecule has 0 bridgehead atoms. The standard InChI is InChI=1S/C16H15N5O2/c1-12(23-14-6-3-2-4-7-14)15(22)20-13-10-17-16(18-11-13)21-9-5-8-19-21/h2-12H,1H3,(H,20,22). The molecule has 7 heteroatoms. The molecule has 1 aromatic carbocycles. The lowest BCUT2D eigenvalue weighted by Crippen LogP contribution is -2.30. The number of carbonyl (C=O) groups excluding carboxylic acids is 1. The van der Waals surface area contributed by atoms with Crippen molar-refractivity contribution in [2.75, 3.05) is 5.32 Å². The van der Waals surface area contributed by atoms with Crippen molar-refractivity contribution in [3.63, 3.8) is 0 Å². The van der Waals surface area contributed by atoms with Crippen LogP contribution in [0.15, 0.2) is 61.2 Å². The first-order valence-electron chi connectivity index (χ1n) is 7.07. The van der Waals surface area contributed by atoms with Crippen molar-refractivity contribution in [3.05, 3.63) is 61.2 Å². The Morgan fingerprint density at radius 1 is 1.17 bits per heavy atom. The van der Waals surface area contributed by atoms with Crippen molar-refractivity contribution in [1.82, 2.24) is 19.7 Å². The third-order valence-corrected chi connectivity index (χ3v) is 3.04. The second kappa shape index (κ2) is 6.69. The van der Waals surface area contributed by atoms with Gasteiger partial charge in [0, 0.05) is 12.4 Å². The van der Waals surface area contributed by atoms with Crippen molar-refractivity contribution in [2.24, 2.45) is 0 Å². The monoisotopic (exact) mass is 309 g/mol. The highest BCUT2D eigenvalue weighted by molar-refractivity contribution is 5.93. The van der Waals surface area contributed by atoms with E-state index >= 15 is 0 Å². The van der Waals surface area contributed by atoms with Crippen LogP contribution in [0.3, 0.4) is 0 Å². The molecule has 1 N–H and O–H groups in total. The molecule has 1 atom stereocenters. The Bertz CT molecular complexity index is 757. The van der Waals surface area contributed by atoms with Gasteiger partial charge in [0.1, 0.15) is 5.75 Å². The maximum absolute atomic E-state index is 12.1. The van der Waals surface area contributed by atoms with Crippen molar-refractivity contribution >= 4 is 11.6 Å². The fourth-order valence-electron chi connectivity index (χ4n) is 1.89. The first kappa shape index (κ1) is 14.7. The first-order chi connectivity index (χ1) is 11.2. The van der Waals surface area contributed by atoms with Crippen LogP contribution in [-0.2, 0) is 4.79 Å². The normalized spacial score (nSPS) is 11.7. The van der Waals surface area contributed by atoms with Gasteiger partial charge in [0.15, 0.2) is 6.10 Å². The second-order valence-corrected chi connectivity index (χ2v) is 4.78. The van der Waals surface area contributed by atoms with Gasteiger partial charge >= 0.3 is 0 Å². The Morgan fingerprint density at radius 3 is 2.57 bits per heavy atom. The summed E-state index contributed by atoms with van der Waals surface area (Å²) in [6.07, 6.45) is 5.79. The van der Waals surface area contributed by atoms with E-state index in [4.69, 9.17) is 4.74 Å². The Balaban J connectivity index is 1.61. The molecular formula is C16H15N5O2. The average molecular weight is 309 g/mol. The van der Waals surface area contributed by atoms with E-state index in [-0.39, 0.29) is 5.91 Å². The summed E-state index contributed by atoms with van der Waals surface area (Å²) in [5.41, 5.74) is 0.495. The van der Waals surface area contributed by atoms with Crippen LogP contribution in [-0.4, -0.2) is 31.8 Å². The number of anilines is 1. The van der Waals surface area contributed by atoms with Gasteiger partial charge in [0.05, 0.1) is 18.1 Å². The van der Waals surface area contributed by atoms with Crippen LogP contribution in [0.4, 0.5) is 5.69 Å². The number of hydrogen-bond acceptors (Lipinski definition) is 5. The molecule has 1 unspecified atom stereocenters. The molecule has 0 aliphatic heterocycles. The smallest absolute Gasteiger partial charge is 0.265 e. The van der Waals surface area contributed by atoms with E-state index in [9.17, 15) is 4.79 Å². The first-order valence-corrected chi connectivity index (χ1v) is 7.07. The molecular weight excluding hydrogens is 294 g/mol. The highest BCUT2D eigenvalue weighted by Crippen LogP contribution is 2.12. The van der Waals surface area contributed by atoms with E-state index < -0.39 is 6.10 Å². The minimum Gasteiger partial charge on any atom is -0.481 e. The van der Waals surface area contributed by atoms with Crippen molar-refractivity contribution in [3.8, 4) is 11.7 Å². The van der Waals surface area contributed by atoms with Gasteiger partial charge in [0.25, 0.3) is 11.9 Å². The van der Waals surface area contributed by atoms with Gasteiger partial charge in [0.2, 0.25) is 0 Å². The molecule has 0 fully saturated rings. The molecule has 0 saturated heterocycles. The number of carbonyl (C=O) groups is 1. The predicted molar refractivity (Wildman–Crippen MR) is 84.3 cm³/mol. The number of nitrogens with zero attached hydrogens (tertiary/aromatic N) is 4. The van der Waals surface area contributed by atoms with Crippen LogP contribution in [0, 0.1) is 0 Å². The number of amides is 1. The zero-order valence-electron chi connectivity index (χ0n) is 12.5. The van der Waals surface area contributed by atoms with Gasteiger partial charge in [-0.25, -0.2) is 14.6 Å². The van der Waals surface area contributed by atoms with Gasteiger partial charge in [-0.2, -0.15) is 5.10 Å². The lowest BCUT2D eigenvalue weighted by molar-refractivity contribution is -0.122. The van der Waals surface area contributed by atoms with E-state index in [1.54, 1.807) is 37.5 Å². The number of rotatable bonds is 5. The van der Waals surface area contributed by atoms with Crippen LogP contribution in [0.5, 0.6) is 5.75 Å². The zero-order valence-corrected chi connectivity index (χ0v) is 12.5. The summed E-state index contributed by atoms with van der Waals surface area (Å²) in [4.78, 5) is 20.4. The molecule has 116 valence electrons. The number of para-hydroxylation sites is 1. The molecule has 3 rings (SSSR count). The number of nitrogens with one attached hydrogen (secondary N) is 1. The molecule has 0 aliphatic rings. The van der Waals surface area contributed by atoms with Gasteiger partial charge in [-0.05, 0) is 25.1 Å². The topological polar surface area (TPSA) is 81.9 Å². The van der Waals surface area contributed by atoms with E-state index in [1.807, 2.05) is 18.2 Å². The van der Waals surface area contributed by atoms with Crippen molar-refractivity contribution in [2.45, 2.75) is 13.0 Å². The number of ether oxygens (including phenoxy) is 1. The maximum atomic E-state index is 12.1. The molecule has 0 aliphatic carbocycles. The van der Waals surface area contributed by atoms with Crippen LogP contribution in [0.25, 0.3) is 5.95 Å². The summed E-state index contributed by atoms with van der Waals surface area (Å²) < 4.78 is 7.10. The van der Waals surface area contributed by atoms with E-state index in [2.05, 4.69) is 20.4 Å². The Morgan fingerprint density at radius 2 is 1.91 bits per heavy atom. The molecule has 0 radical (unpaired) electrons. The lowest BCUT2D eigenvalue weighted by Gasteiger charge is -2.14. The van der Waals surface area contributed by atoms with Crippen LogP contribution >= 0.6 is 0 Å². The summed E-state index contributed by atoms with van der Waals surface area (Å²) in [7, 11) is 0. The molecule has 7 nitrogen and oxygen atoms in total. The average Bonchev–Trinajstić information content (AvgIpc) is 3.11. The van der Waals surface area contributed by atoms with Crippen LogP contribution in [0.1, 0.15) is 6.92 Å². The SMILES string of the molecule is CC(Oc1ccccc1)C(=O)Nc1cnc(-n2cccn2)nc1. The van der Waals surface area contributed by atoms with E-state index in [1.165, 1.54) is 17.1 Å². The molecule has 23 heavy (non-hydrogen) atoms. The summed E-state index contributed by atoms with van der Waals surface area (Å²) in [6, 6.07) is 11.0. The fourth-order valence-corrected chi connectivity index (χ4v) is 1.89. The van der Waals surface area contributed by atoms with Gasteiger partial charge < -0.3 is 10.1 Å². The highest BCUT2D eigenvalue weighted by atomic mass is 16.5. The van der Waals surface area contributed by atoms with Crippen LogP contribution in [0.2, 0.25) is 0 Å². The highest BCUT2D eigenvalue weighted by Gasteiger charge is 2.15. The summed E-state index contributed by atoms with van der Waals surface area (Å²) >= 11 is 0. The van der Waals surface area contributed by atoms with Crippen LogP contribution < -0.4 is 10.1 Å². The Hall–Kier alpha value is -3.22. The molecule has 2 heterocycles. The van der Waals surface area contributed by atoms with Gasteiger partial charge in [-0.15, -0.1) is 0 Å². The lowest BCUT2D eigenvalue weighted by atomic mass is 10.3. The summed E-state index contributed by atoms with van der Waals surface area (Å²) in [5.74, 6) is 0.798. The van der Waals surface area contributed by atoms with Gasteiger partial charge in [-0.3, -0.25) is 4.79 Å². The number of hydrogen-bond donors (Lipinski definition) is 1. The minimum atomic E-state index is -0.636. The van der Waals surface area contributed by atoms with Crippen molar-refractivity contribution < 1.29 is 9.53 Å². The molecule has 3 aromatic rings. The van der Waals surface area contributed by atoms with Gasteiger partial charge in [-0.1, -0.05) is 18.2 Å². The van der Waals surface area contributed by atoms with Crippen molar-refractivity contribution in [1.29, 1.82) is 0 Å². The van der Waals surface area contributed by atoms with E-state index in [0.29, 0.717) is 17.4 Å². The third-order valence-electron chi connectivity index (χ3n) is 3.04. The third kappa shape index (κ3) is 3.70. The van der Waals surface area contributed by atoms with E-state index in [0.717, 1.165) is 0 Å². The largest absolute Gasteiger partial charge is 0.481 e. The number of aromatic nitrogens is 4. The minimum absolute atomic E-state index is 0.274. The summed E-state index contributed by atoms with van der Waals surface area (Å²) in [6.45, 7) is 1.68. The zero-order chi connectivity index (χ0) is 16.1. The number of benzene rings is 1. The molecule has 2 aromatic heterocycles. The molecule has 1 amide bonds. The predicted octanol–water partition coefficient (Wildman–Crippen LogP) is 2.07. The summed E-state index contributed by atoms with van der Waals surface area (Å²) in [5, 5.41) is 6.75. The fraction of sp³-hybridized carbons (Fsp3) is 0.125. The Kier molecular flexibility index (Phi) is 4.28. The molecule has 0 spiro atoms.